The number of nitrogens with two attached hydrogens (primary N) is 1. The maximum Gasteiger partial charge on any atom is 0.230 e. The van der Waals surface area contributed by atoms with E-state index in [-0.39, 0.29) is 17.9 Å². The van der Waals surface area contributed by atoms with E-state index < -0.39 is 0 Å². The Bertz CT molecular complexity index is 580. The summed E-state index contributed by atoms with van der Waals surface area (Å²) in [6.07, 6.45) is 5.37. The smallest absolute Gasteiger partial charge is 0.230 e. The van der Waals surface area contributed by atoms with E-state index in [1.54, 1.807) is 18.2 Å². The Balaban J connectivity index is 2.14. The van der Waals surface area contributed by atoms with Gasteiger partial charge in [0.25, 0.3) is 0 Å². The minimum Gasteiger partial charge on any atom is -0.326 e. The van der Waals surface area contributed by atoms with E-state index >= 15 is 0 Å². The number of hydrogen-bond donors (Lipinski definition) is 2. The van der Waals surface area contributed by atoms with Crippen LogP contribution in [0.3, 0.4) is 0 Å². The molecule has 0 unspecified atom stereocenters. The van der Waals surface area contributed by atoms with Crippen LogP contribution < -0.4 is 11.1 Å². The Labute approximate surface area is 131 Å². The molecule has 4 heteroatoms. The first kappa shape index (κ1) is 15.9. The number of amides is 1. The van der Waals surface area contributed by atoms with Crippen LogP contribution in [0, 0.1) is 17.3 Å². The van der Waals surface area contributed by atoms with Crippen molar-refractivity contribution in [3.63, 3.8) is 0 Å². The van der Waals surface area contributed by atoms with Crippen molar-refractivity contribution in [2.24, 2.45) is 11.1 Å². The molecule has 1 aliphatic carbocycles. The van der Waals surface area contributed by atoms with E-state index in [1.807, 2.05) is 6.92 Å². The second-order valence-electron chi connectivity index (χ2n) is 5.78. The molecule has 1 aromatic rings. The third kappa shape index (κ3) is 4.00. The molecule has 1 aromatic carbocycles. The fourth-order valence-corrected chi connectivity index (χ4v) is 2.85. The lowest BCUT2D eigenvalue weighted by atomic mass is 9.75. The molecule has 0 heterocycles. The molecule has 0 radical (unpaired) electrons. The van der Waals surface area contributed by atoms with Crippen LogP contribution >= 0.6 is 11.6 Å². The normalized spacial score (nSPS) is 16.7. The van der Waals surface area contributed by atoms with Crippen LogP contribution in [0.25, 0.3) is 0 Å². The lowest BCUT2D eigenvalue weighted by Gasteiger charge is -2.32. The van der Waals surface area contributed by atoms with Crippen molar-refractivity contribution in [1.82, 2.24) is 0 Å². The quantitative estimate of drug-likeness (QED) is 0.821. The zero-order valence-electron chi connectivity index (χ0n) is 12.3. The van der Waals surface area contributed by atoms with Gasteiger partial charge in [0.05, 0.1) is 11.6 Å². The predicted octanol–water partition coefficient (Wildman–Crippen LogP) is 3.56. The van der Waals surface area contributed by atoms with Crippen LogP contribution in [-0.2, 0) is 4.79 Å². The Kier molecular flexibility index (Phi) is 5.27. The van der Waals surface area contributed by atoms with E-state index in [1.165, 1.54) is 6.42 Å². The van der Waals surface area contributed by atoms with Gasteiger partial charge in [0.1, 0.15) is 0 Å². The van der Waals surface area contributed by atoms with Crippen LogP contribution in [0.15, 0.2) is 18.2 Å². The maximum atomic E-state index is 12.5. The molecule has 1 aliphatic rings. The van der Waals surface area contributed by atoms with E-state index in [4.69, 9.17) is 17.3 Å². The van der Waals surface area contributed by atoms with E-state index in [9.17, 15) is 4.79 Å². The van der Waals surface area contributed by atoms with Gasteiger partial charge in [-0.05, 0) is 31.0 Å². The summed E-state index contributed by atoms with van der Waals surface area (Å²) >= 11 is 6.09. The number of anilines is 1. The number of carbonyl (C=O) groups is 1. The summed E-state index contributed by atoms with van der Waals surface area (Å²) in [5, 5.41) is 3.57. The molecule has 3 N–H and O–H groups in total. The zero-order chi connectivity index (χ0) is 15.3. The van der Waals surface area contributed by atoms with Crippen molar-refractivity contribution in [3.05, 3.63) is 28.8 Å². The number of hydrogen-bond acceptors (Lipinski definition) is 2. The third-order valence-corrected chi connectivity index (χ3v) is 4.38. The van der Waals surface area contributed by atoms with Gasteiger partial charge in [0.2, 0.25) is 5.91 Å². The SMILES string of the molecule is CC1(C(=O)Nc2ccc(Cl)c(C#CCN)c2)CCCCC1. The average Bonchev–Trinajstić information content (AvgIpc) is 2.48. The van der Waals surface area contributed by atoms with E-state index in [0.717, 1.165) is 31.4 Å². The minimum absolute atomic E-state index is 0.0854. The lowest BCUT2D eigenvalue weighted by Crippen LogP contribution is -2.35. The van der Waals surface area contributed by atoms with Gasteiger partial charge in [0, 0.05) is 16.7 Å². The molecule has 1 amide bonds. The Morgan fingerprint density at radius 2 is 2.10 bits per heavy atom. The molecule has 0 bridgehead atoms. The summed E-state index contributed by atoms with van der Waals surface area (Å²) in [5.41, 5.74) is 6.53. The first-order valence-corrected chi connectivity index (χ1v) is 7.73. The fourth-order valence-electron chi connectivity index (χ4n) is 2.69. The highest BCUT2D eigenvalue weighted by molar-refractivity contribution is 6.31. The molecule has 2 rings (SSSR count). The number of benzene rings is 1. The van der Waals surface area contributed by atoms with E-state index in [0.29, 0.717) is 10.6 Å². The van der Waals surface area contributed by atoms with Gasteiger partial charge in [-0.1, -0.05) is 49.6 Å². The van der Waals surface area contributed by atoms with Gasteiger partial charge in [-0.3, -0.25) is 4.79 Å². The molecular formula is C17H21ClN2O. The molecule has 0 aromatic heterocycles. The van der Waals surface area contributed by atoms with Crippen molar-refractivity contribution in [2.75, 3.05) is 11.9 Å². The minimum atomic E-state index is -0.263. The van der Waals surface area contributed by atoms with Crippen LogP contribution in [0.5, 0.6) is 0 Å². The highest BCUT2D eigenvalue weighted by atomic mass is 35.5. The summed E-state index contributed by atoms with van der Waals surface area (Å²) in [6.45, 7) is 2.33. The van der Waals surface area contributed by atoms with E-state index in [2.05, 4.69) is 17.2 Å². The maximum absolute atomic E-state index is 12.5. The third-order valence-electron chi connectivity index (χ3n) is 4.05. The molecule has 21 heavy (non-hydrogen) atoms. The summed E-state index contributed by atoms with van der Waals surface area (Å²) in [7, 11) is 0. The van der Waals surface area contributed by atoms with Crippen LogP contribution in [0.4, 0.5) is 5.69 Å². The van der Waals surface area contributed by atoms with Crippen LogP contribution in [-0.4, -0.2) is 12.5 Å². The molecule has 0 atom stereocenters. The Hall–Kier alpha value is -1.50. The molecule has 1 fully saturated rings. The van der Waals surface area contributed by atoms with Crippen LogP contribution in [0.1, 0.15) is 44.6 Å². The van der Waals surface area contributed by atoms with Crippen molar-refractivity contribution in [2.45, 2.75) is 39.0 Å². The highest BCUT2D eigenvalue weighted by Crippen LogP contribution is 2.36. The van der Waals surface area contributed by atoms with Gasteiger partial charge >= 0.3 is 0 Å². The second kappa shape index (κ2) is 6.98. The van der Waals surface area contributed by atoms with Gasteiger partial charge in [-0.25, -0.2) is 0 Å². The number of carbonyl (C=O) groups excluding carboxylic acids is 1. The number of halogens is 1. The largest absolute Gasteiger partial charge is 0.326 e. The topological polar surface area (TPSA) is 55.1 Å². The number of rotatable bonds is 2. The van der Waals surface area contributed by atoms with Gasteiger partial charge < -0.3 is 11.1 Å². The summed E-state index contributed by atoms with van der Waals surface area (Å²) in [4.78, 5) is 12.5. The fraction of sp³-hybridized carbons (Fsp3) is 0.471. The standard InChI is InChI=1S/C17H21ClN2O/c1-17(9-3-2-4-10-17)16(21)20-14-7-8-15(18)13(12-14)6-5-11-19/h7-8,12H,2-4,9-11,19H2,1H3,(H,20,21). The van der Waals surface area contributed by atoms with Crippen LogP contribution in [0.2, 0.25) is 5.02 Å². The molecule has 3 nitrogen and oxygen atoms in total. The molecular weight excluding hydrogens is 284 g/mol. The zero-order valence-corrected chi connectivity index (χ0v) is 13.1. The van der Waals surface area contributed by atoms with Crippen molar-refractivity contribution >= 4 is 23.2 Å². The lowest BCUT2D eigenvalue weighted by molar-refractivity contribution is -0.126. The second-order valence-corrected chi connectivity index (χ2v) is 6.18. The first-order chi connectivity index (χ1) is 10.0. The van der Waals surface area contributed by atoms with Gasteiger partial charge in [0.15, 0.2) is 0 Å². The highest BCUT2D eigenvalue weighted by Gasteiger charge is 2.34. The Morgan fingerprint density at radius 1 is 1.38 bits per heavy atom. The summed E-state index contributed by atoms with van der Waals surface area (Å²) < 4.78 is 0. The van der Waals surface area contributed by atoms with Gasteiger partial charge in [-0.15, -0.1) is 0 Å². The molecule has 1 saturated carbocycles. The average molecular weight is 305 g/mol. The molecule has 0 spiro atoms. The van der Waals surface area contributed by atoms with Crippen molar-refractivity contribution in [3.8, 4) is 11.8 Å². The molecule has 112 valence electrons. The summed E-state index contributed by atoms with van der Waals surface area (Å²) in [6, 6.07) is 5.36. The van der Waals surface area contributed by atoms with Gasteiger partial charge in [-0.2, -0.15) is 0 Å². The molecule has 0 aliphatic heterocycles. The Morgan fingerprint density at radius 3 is 2.76 bits per heavy atom. The molecule has 0 saturated heterocycles. The predicted molar refractivity (Wildman–Crippen MR) is 87.2 cm³/mol. The monoisotopic (exact) mass is 304 g/mol. The van der Waals surface area contributed by atoms with Crippen molar-refractivity contribution in [1.29, 1.82) is 0 Å². The number of nitrogens with one attached hydrogen (secondary N) is 1. The summed E-state index contributed by atoms with van der Waals surface area (Å²) in [5.74, 6) is 5.78. The van der Waals surface area contributed by atoms with Crippen molar-refractivity contribution < 1.29 is 4.79 Å². The first-order valence-electron chi connectivity index (χ1n) is 7.35.